The Kier molecular flexibility index (Phi) is 3.74. The molecule has 1 aromatic carbocycles. The van der Waals surface area contributed by atoms with Gasteiger partial charge in [-0.2, -0.15) is 0 Å². The van der Waals surface area contributed by atoms with E-state index < -0.39 is 5.67 Å². The first-order chi connectivity index (χ1) is 7.24. The molecule has 0 spiro atoms. The van der Waals surface area contributed by atoms with Crippen molar-refractivity contribution < 1.29 is 4.39 Å². The maximum atomic E-state index is 13.7. The molecular weight excluding hydrogens is 201 g/mol. The minimum absolute atomic E-state index is 0.0635. The van der Waals surface area contributed by atoms with Crippen LogP contribution >= 0.6 is 0 Å². The summed E-state index contributed by atoms with van der Waals surface area (Å²) in [4.78, 5) is 0. The van der Waals surface area contributed by atoms with Gasteiger partial charge in [0, 0.05) is 13.0 Å². The molecule has 0 aliphatic rings. The van der Waals surface area contributed by atoms with Gasteiger partial charge in [0.2, 0.25) is 0 Å². The van der Waals surface area contributed by atoms with Gasteiger partial charge in [0.1, 0.15) is 5.67 Å². The van der Waals surface area contributed by atoms with Gasteiger partial charge in [-0.3, -0.25) is 0 Å². The van der Waals surface area contributed by atoms with E-state index in [0.29, 0.717) is 6.42 Å². The van der Waals surface area contributed by atoms with E-state index in [1.165, 1.54) is 5.56 Å². The fourth-order valence-corrected chi connectivity index (χ4v) is 1.62. The molecular formula is C14H22FN. The van der Waals surface area contributed by atoms with Crippen LogP contribution in [0.5, 0.6) is 0 Å². The second kappa shape index (κ2) is 4.54. The fourth-order valence-electron chi connectivity index (χ4n) is 1.62. The Hall–Kier alpha value is -0.890. The zero-order chi connectivity index (χ0) is 12.4. The Balaban J connectivity index is 2.80. The first-order valence-corrected chi connectivity index (χ1v) is 5.73. The van der Waals surface area contributed by atoms with E-state index in [1.807, 2.05) is 12.1 Å². The maximum absolute atomic E-state index is 13.7. The molecule has 16 heavy (non-hydrogen) atoms. The summed E-state index contributed by atoms with van der Waals surface area (Å²) in [6, 6.07) is 8.13. The number of rotatable bonds is 3. The lowest BCUT2D eigenvalue weighted by molar-refractivity contribution is 0.200. The molecule has 0 aliphatic carbocycles. The monoisotopic (exact) mass is 223 g/mol. The highest BCUT2D eigenvalue weighted by Gasteiger charge is 2.21. The second-order valence-corrected chi connectivity index (χ2v) is 5.74. The molecule has 0 saturated carbocycles. The van der Waals surface area contributed by atoms with Crippen LogP contribution in [-0.4, -0.2) is 12.2 Å². The van der Waals surface area contributed by atoms with Crippen LogP contribution in [0.3, 0.4) is 0 Å². The van der Waals surface area contributed by atoms with Crippen molar-refractivity contribution in [3.05, 3.63) is 35.4 Å². The van der Waals surface area contributed by atoms with Gasteiger partial charge in [-0.1, -0.05) is 45.0 Å². The lowest BCUT2D eigenvalue weighted by atomic mass is 9.86. The molecule has 0 aliphatic heterocycles. The molecule has 1 aromatic rings. The van der Waals surface area contributed by atoms with Crippen molar-refractivity contribution in [1.82, 2.24) is 0 Å². The molecule has 2 heteroatoms. The minimum Gasteiger partial charge on any atom is -0.328 e. The Morgan fingerprint density at radius 1 is 1.06 bits per heavy atom. The molecule has 0 amide bonds. The predicted octanol–water partition coefficient (Wildman–Crippen LogP) is 3.21. The lowest BCUT2D eigenvalue weighted by Crippen LogP contribution is -2.31. The lowest BCUT2D eigenvalue weighted by Gasteiger charge is -2.21. The number of benzene rings is 1. The molecule has 0 fully saturated rings. The molecule has 0 heterocycles. The Labute approximate surface area is 97.9 Å². The first-order valence-electron chi connectivity index (χ1n) is 5.73. The van der Waals surface area contributed by atoms with Gasteiger partial charge < -0.3 is 5.73 Å². The van der Waals surface area contributed by atoms with Crippen molar-refractivity contribution in [3.63, 3.8) is 0 Å². The Bertz CT molecular complexity index is 333. The van der Waals surface area contributed by atoms with Gasteiger partial charge in [-0.05, 0) is 23.5 Å². The highest BCUT2D eigenvalue weighted by Crippen LogP contribution is 2.23. The van der Waals surface area contributed by atoms with Gasteiger partial charge in [0.25, 0.3) is 0 Å². The third kappa shape index (κ3) is 3.60. The van der Waals surface area contributed by atoms with E-state index in [1.54, 1.807) is 6.92 Å². The molecule has 1 rings (SSSR count). The van der Waals surface area contributed by atoms with Crippen LogP contribution in [0, 0.1) is 0 Å². The van der Waals surface area contributed by atoms with Crippen molar-refractivity contribution in [3.8, 4) is 0 Å². The first kappa shape index (κ1) is 13.2. The number of halogens is 1. The summed E-state index contributed by atoms with van der Waals surface area (Å²) in [6.45, 7) is 8.11. The van der Waals surface area contributed by atoms with Crippen LogP contribution in [0.4, 0.5) is 4.39 Å². The summed E-state index contributed by atoms with van der Waals surface area (Å²) in [5.74, 6) is 0. The summed E-state index contributed by atoms with van der Waals surface area (Å²) in [7, 11) is 0. The quantitative estimate of drug-likeness (QED) is 0.836. The normalized spacial score (nSPS) is 15.9. The molecule has 1 atom stereocenters. The summed E-state index contributed by atoms with van der Waals surface area (Å²) >= 11 is 0. The number of nitrogens with two attached hydrogens (primary N) is 1. The number of hydrogen-bond acceptors (Lipinski definition) is 1. The zero-order valence-electron chi connectivity index (χ0n) is 10.7. The summed E-state index contributed by atoms with van der Waals surface area (Å²) in [5.41, 5.74) is 6.49. The topological polar surface area (TPSA) is 26.0 Å². The van der Waals surface area contributed by atoms with Crippen LogP contribution in [0.1, 0.15) is 38.8 Å². The number of alkyl halides is 1. The van der Waals surface area contributed by atoms with Crippen molar-refractivity contribution in [2.45, 2.75) is 45.2 Å². The molecule has 0 saturated heterocycles. The minimum atomic E-state index is -1.30. The van der Waals surface area contributed by atoms with Gasteiger partial charge in [0.05, 0.1) is 0 Å². The van der Waals surface area contributed by atoms with Crippen LogP contribution < -0.4 is 5.73 Å². The average molecular weight is 223 g/mol. The second-order valence-electron chi connectivity index (χ2n) is 5.74. The Morgan fingerprint density at radius 2 is 1.56 bits per heavy atom. The number of hydrogen-bond donors (Lipinski definition) is 1. The SMILES string of the molecule is CC(F)(CN)Cc1ccc(C(C)(C)C)cc1. The van der Waals surface area contributed by atoms with Crippen molar-refractivity contribution in [1.29, 1.82) is 0 Å². The van der Waals surface area contributed by atoms with Gasteiger partial charge in [0.15, 0.2) is 0 Å². The predicted molar refractivity (Wildman–Crippen MR) is 67.4 cm³/mol. The van der Waals surface area contributed by atoms with E-state index in [9.17, 15) is 4.39 Å². The molecule has 1 unspecified atom stereocenters. The zero-order valence-corrected chi connectivity index (χ0v) is 10.7. The summed E-state index contributed by atoms with van der Waals surface area (Å²) in [5, 5.41) is 0. The van der Waals surface area contributed by atoms with Crippen molar-refractivity contribution in [2.24, 2.45) is 5.73 Å². The van der Waals surface area contributed by atoms with Crippen molar-refractivity contribution in [2.75, 3.05) is 6.54 Å². The van der Waals surface area contributed by atoms with E-state index >= 15 is 0 Å². The highest BCUT2D eigenvalue weighted by molar-refractivity contribution is 5.28. The molecule has 90 valence electrons. The Morgan fingerprint density at radius 3 is 1.94 bits per heavy atom. The molecule has 0 bridgehead atoms. The molecule has 1 nitrogen and oxygen atoms in total. The highest BCUT2D eigenvalue weighted by atomic mass is 19.1. The van der Waals surface area contributed by atoms with Crippen LogP contribution in [-0.2, 0) is 11.8 Å². The van der Waals surface area contributed by atoms with Crippen LogP contribution in [0.15, 0.2) is 24.3 Å². The van der Waals surface area contributed by atoms with E-state index in [0.717, 1.165) is 5.56 Å². The van der Waals surface area contributed by atoms with E-state index in [4.69, 9.17) is 5.73 Å². The fraction of sp³-hybridized carbons (Fsp3) is 0.571. The third-order valence-corrected chi connectivity index (χ3v) is 2.82. The molecule has 0 aromatic heterocycles. The smallest absolute Gasteiger partial charge is 0.124 e. The van der Waals surface area contributed by atoms with Crippen molar-refractivity contribution >= 4 is 0 Å². The van der Waals surface area contributed by atoms with Gasteiger partial charge >= 0.3 is 0 Å². The van der Waals surface area contributed by atoms with Gasteiger partial charge in [-0.25, -0.2) is 4.39 Å². The maximum Gasteiger partial charge on any atom is 0.124 e. The van der Waals surface area contributed by atoms with Crippen LogP contribution in [0.25, 0.3) is 0 Å². The average Bonchev–Trinajstić information content (AvgIpc) is 2.16. The van der Waals surface area contributed by atoms with E-state index in [2.05, 4.69) is 32.9 Å². The third-order valence-electron chi connectivity index (χ3n) is 2.82. The van der Waals surface area contributed by atoms with Gasteiger partial charge in [-0.15, -0.1) is 0 Å². The largest absolute Gasteiger partial charge is 0.328 e. The standard InChI is InChI=1S/C14H22FN/c1-13(2,3)12-7-5-11(6-8-12)9-14(4,15)10-16/h5-8H,9-10,16H2,1-4H3. The van der Waals surface area contributed by atoms with Crippen LogP contribution in [0.2, 0.25) is 0 Å². The molecule has 0 radical (unpaired) electrons. The summed E-state index contributed by atoms with van der Waals surface area (Å²) < 4.78 is 13.7. The summed E-state index contributed by atoms with van der Waals surface area (Å²) in [6.07, 6.45) is 0.383. The molecule has 2 N–H and O–H groups in total. The van der Waals surface area contributed by atoms with E-state index in [-0.39, 0.29) is 12.0 Å².